The largest absolute Gasteiger partial charge is 0.370 e. The summed E-state index contributed by atoms with van der Waals surface area (Å²) in [4.78, 5) is 21.7. The van der Waals surface area contributed by atoms with Gasteiger partial charge in [0.05, 0.1) is 0 Å². The van der Waals surface area contributed by atoms with Crippen molar-refractivity contribution in [3.8, 4) is 0 Å². The number of amides is 3. The minimum absolute atomic E-state index is 0.141. The number of carbonyl (C=O) groups is 2. The molecule has 1 aromatic carbocycles. The van der Waals surface area contributed by atoms with Gasteiger partial charge in [-0.25, -0.2) is 4.79 Å². The fourth-order valence-corrected chi connectivity index (χ4v) is 1.59. The monoisotopic (exact) mass is 269 g/mol. The Morgan fingerprint density at radius 1 is 1.22 bits per heavy atom. The van der Waals surface area contributed by atoms with Crippen molar-refractivity contribution in [1.82, 2.24) is 10.6 Å². The second-order valence-corrected chi connectivity index (χ2v) is 4.22. The highest BCUT2D eigenvalue weighted by atomic mass is 35.5. The van der Waals surface area contributed by atoms with E-state index in [9.17, 15) is 9.59 Å². The fourth-order valence-electron chi connectivity index (χ4n) is 1.37. The average Bonchev–Trinajstić information content (AvgIpc) is 2.28. The minimum Gasteiger partial charge on any atom is -0.370 e. The summed E-state index contributed by atoms with van der Waals surface area (Å²) in [7, 11) is 0. The molecule has 0 bridgehead atoms. The summed E-state index contributed by atoms with van der Waals surface area (Å²) < 4.78 is 0. The third kappa shape index (κ3) is 6.10. The van der Waals surface area contributed by atoms with Crippen LogP contribution in [-0.4, -0.2) is 25.0 Å². The molecule has 0 radical (unpaired) electrons. The van der Waals surface area contributed by atoms with Crippen LogP contribution in [0.1, 0.15) is 12.0 Å². The topological polar surface area (TPSA) is 84.2 Å². The first-order chi connectivity index (χ1) is 8.58. The maximum Gasteiger partial charge on any atom is 0.314 e. The molecule has 1 aromatic rings. The second-order valence-electron chi connectivity index (χ2n) is 3.78. The number of benzene rings is 1. The van der Waals surface area contributed by atoms with Crippen LogP contribution in [0.4, 0.5) is 4.79 Å². The summed E-state index contributed by atoms with van der Waals surface area (Å²) >= 11 is 5.84. The molecule has 18 heavy (non-hydrogen) atoms. The molecule has 4 N–H and O–H groups in total. The molecular weight excluding hydrogens is 254 g/mol. The van der Waals surface area contributed by atoms with Crippen LogP contribution in [0.3, 0.4) is 0 Å². The first kappa shape index (κ1) is 14.3. The lowest BCUT2D eigenvalue weighted by molar-refractivity contribution is -0.117. The zero-order chi connectivity index (χ0) is 13.4. The van der Waals surface area contributed by atoms with Crippen LogP contribution >= 0.6 is 11.6 Å². The summed E-state index contributed by atoms with van der Waals surface area (Å²) in [5, 5.41) is 5.89. The number of nitrogens with one attached hydrogen (secondary N) is 2. The second kappa shape index (κ2) is 7.55. The van der Waals surface area contributed by atoms with Gasteiger partial charge in [-0.1, -0.05) is 23.7 Å². The minimum atomic E-state index is -0.436. The molecule has 0 aliphatic heterocycles. The molecule has 5 nitrogen and oxygen atoms in total. The molecule has 0 fully saturated rings. The number of carbonyl (C=O) groups excluding carboxylic acids is 2. The highest BCUT2D eigenvalue weighted by Gasteiger charge is 2.01. The van der Waals surface area contributed by atoms with Gasteiger partial charge in [0.15, 0.2) is 0 Å². The van der Waals surface area contributed by atoms with Gasteiger partial charge in [0.25, 0.3) is 0 Å². The number of urea groups is 1. The maximum absolute atomic E-state index is 11.3. The van der Waals surface area contributed by atoms with Gasteiger partial charge < -0.3 is 16.4 Å². The summed E-state index contributed by atoms with van der Waals surface area (Å²) in [5.41, 5.74) is 6.00. The van der Waals surface area contributed by atoms with Crippen molar-refractivity contribution in [3.05, 3.63) is 34.9 Å². The van der Waals surface area contributed by atoms with Crippen LogP contribution in [-0.2, 0) is 11.2 Å². The van der Waals surface area contributed by atoms with Crippen molar-refractivity contribution in [1.29, 1.82) is 0 Å². The Bertz CT molecular complexity index is 424. The Kier molecular flexibility index (Phi) is 6.00. The van der Waals surface area contributed by atoms with E-state index in [4.69, 9.17) is 17.3 Å². The SMILES string of the molecule is NC(=O)CCNC(=O)NCCc1cccc(Cl)c1. The van der Waals surface area contributed by atoms with Gasteiger partial charge in [-0.2, -0.15) is 0 Å². The van der Waals surface area contributed by atoms with Gasteiger partial charge in [0.1, 0.15) is 0 Å². The van der Waals surface area contributed by atoms with E-state index in [1.807, 2.05) is 18.2 Å². The van der Waals surface area contributed by atoms with Crippen LogP contribution in [0.2, 0.25) is 5.02 Å². The van der Waals surface area contributed by atoms with Gasteiger partial charge in [-0.15, -0.1) is 0 Å². The summed E-state index contributed by atoms with van der Waals surface area (Å²) in [6.45, 7) is 0.751. The van der Waals surface area contributed by atoms with Crippen molar-refractivity contribution in [3.63, 3.8) is 0 Å². The van der Waals surface area contributed by atoms with Crippen LogP contribution in [0.5, 0.6) is 0 Å². The van der Waals surface area contributed by atoms with Crippen molar-refractivity contribution >= 4 is 23.5 Å². The van der Waals surface area contributed by atoms with Gasteiger partial charge in [-0.3, -0.25) is 4.79 Å². The van der Waals surface area contributed by atoms with E-state index in [1.165, 1.54) is 0 Å². The molecule has 0 saturated heterocycles. The van der Waals surface area contributed by atoms with E-state index >= 15 is 0 Å². The normalized spacial score (nSPS) is 9.83. The molecule has 0 heterocycles. The standard InChI is InChI=1S/C12H16ClN3O2/c13-10-3-1-2-9(8-10)4-6-15-12(18)16-7-5-11(14)17/h1-3,8H,4-7H2,(H2,14,17)(H2,15,16,18). The Labute approximate surface area is 111 Å². The lowest BCUT2D eigenvalue weighted by Gasteiger charge is -2.07. The number of primary amides is 1. The predicted octanol–water partition coefficient (Wildman–Crippen LogP) is 1.06. The van der Waals surface area contributed by atoms with E-state index in [2.05, 4.69) is 10.6 Å². The maximum atomic E-state index is 11.3. The third-order valence-corrected chi connectivity index (χ3v) is 2.48. The Balaban J connectivity index is 2.17. The molecule has 0 saturated carbocycles. The van der Waals surface area contributed by atoms with Gasteiger partial charge >= 0.3 is 6.03 Å². The molecule has 98 valence electrons. The zero-order valence-electron chi connectivity index (χ0n) is 9.91. The third-order valence-electron chi connectivity index (χ3n) is 2.25. The van der Waals surface area contributed by atoms with E-state index in [-0.39, 0.29) is 19.0 Å². The number of nitrogens with two attached hydrogens (primary N) is 1. The van der Waals surface area contributed by atoms with Crippen LogP contribution < -0.4 is 16.4 Å². The molecule has 3 amide bonds. The first-order valence-electron chi connectivity index (χ1n) is 5.62. The Hall–Kier alpha value is -1.75. The fraction of sp³-hybridized carbons (Fsp3) is 0.333. The molecule has 0 unspecified atom stereocenters. The molecule has 0 spiro atoms. The number of hydrogen-bond acceptors (Lipinski definition) is 2. The van der Waals surface area contributed by atoms with Crippen LogP contribution in [0.15, 0.2) is 24.3 Å². The molecule has 0 aliphatic carbocycles. The van der Waals surface area contributed by atoms with E-state index in [1.54, 1.807) is 6.07 Å². The van der Waals surface area contributed by atoms with E-state index in [0.717, 1.165) is 5.56 Å². The lowest BCUT2D eigenvalue weighted by atomic mass is 10.1. The quantitative estimate of drug-likeness (QED) is 0.721. The molecule has 6 heteroatoms. The first-order valence-corrected chi connectivity index (χ1v) is 6.00. The predicted molar refractivity (Wildman–Crippen MR) is 70.4 cm³/mol. The summed E-state index contributed by atoms with van der Waals surface area (Å²) in [6, 6.07) is 7.16. The van der Waals surface area contributed by atoms with Gasteiger partial charge in [0.2, 0.25) is 5.91 Å². The summed E-state index contributed by atoms with van der Waals surface area (Å²) in [6.07, 6.45) is 0.839. The number of rotatable bonds is 6. The Morgan fingerprint density at radius 3 is 2.61 bits per heavy atom. The number of halogens is 1. The van der Waals surface area contributed by atoms with E-state index < -0.39 is 5.91 Å². The van der Waals surface area contributed by atoms with Crippen molar-refractivity contribution in [2.75, 3.05) is 13.1 Å². The van der Waals surface area contributed by atoms with Crippen LogP contribution in [0.25, 0.3) is 0 Å². The average molecular weight is 270 g/mol. The van der Waals surface area contributed by atoms with Crippen molar-refractivity contribution in [2.45, 2.75) is 12.8 Å². The van der Waals surface area contributed by atoms with Crippen LogP contribution in [0, 0.1) is 0 Å². The van der Waals surface area contributed by atoms with Crippen molar-refractivity contribution in [2.24, 2.45) is 5.73 Å². The molecule has 0 aromatic heterocycles. The Morgan fingerprint density at radius 2 is 1.94 bits per heavy atom. The molecule has 0 atom stereocenters. The molecular formula is C12H16ClN3O2. The number of hydrogen-bond donors (Lipinski definition) is 3. The smallest absolute Gasteiger partial charge is 0.314 e. The highest BCUT2D eigenvalue weighted by Crippen LogP contribution is 2.10. The summed E-state index contributed by atoms with van der Waals surface area (Å²) in [5.74, 6) is -0.436. The lowest BCUT2D eigenvalue weighted by Crippen LogP contribution is -2.38. The highest BCUT2D eigenvalue weighted by molar-refractivity contribution is 6.30. The van der Waals surface area contributed by atoms with Gasteiger partial charge in [0, 0.05) is 24.5 Å². The van der Waals surface area contributed by atoms with Gasteiger partial charge in [-0.05, 0) is 24.1 Å². The molecule has 1 rings (SSSR count). The molecule has 0 aliphatic rings. The van der Waals surface area contributed by atoms with E-state index in [0.29, 0.717) is 18.0 Å². The zero-order valence-corrected chi connectivity index (χ0v) is 10.7. The van der Waals surface area contributed by atoms with Crippen molar-refractivity contribution < 1.29 is 9.59 Å².